The zero-order valence-electron chi connectivity index (χ0n) is 30.0. The van der Waals surface area contributed by atoms with Gasteiger partial charge < -0.3 is 25.5 Å². The number of aliphatic carboxylic acids is 3. The smallest absolute Gasteiger partial charge is 0.333 e. The Labute approximate surface area is 314 Å². The highest BCUT2D eigenvalue weighted by molar-refractivity contribution is 8.00. The van der Waals surface area contributed by atoms with Gasteiger partial charge in [0.2, 0.25) is 0 Å². The predicted octanol–water partition coefficient (Wildman–Crippen LogP) is -1.58. The molecule has 2 saturated heterocycles. The van der Waals surface area contributed by atoms with E-state index in [1.165, 1.54) is 27.2 Å². The molecule has 0 spiro atoms. The van der Waals surface area contributed by atoms with Gasteiger partial charge in [0.15, 0.2) is 0 Å². The largest absolute Gasteiger partial charge is 0.480 e. The van der Waals surface area contributed by atoms with E-state index in [0.717, 1.165) is 15.7 Å². The summed E-state index contributed by atoms with van der Waals surface area (Å²) in [4.78, 5) is 68.5. The van der Waals surface area contributed by atoms with Crippen LogP contribution >= 0.6 is 11.8 Å². The summed E-state index contributed by atoms with van der Waals surface area (Å²) in [6.07, 6.45) is 2.60. The number of carboxylic acids is 3. The molecule has 0 radical (unpaired) electrons. The van der Waals surface area contributed by atoms with Crippen LogP contribution < -0.4 is 11.2 Å². The zero-order valence-corrected chi connectivity index (χ0v) is 30.8. The van der Waals surface area contributed by atoms with Crippen molar-refractivity contribution in [2.75, 3.05) is 78.6 Å². The van der Waals surface area contributed by atoms with Gasteiger partial charge in [0.25, 0.3) is 5.56 Å². The summed E-state index contributed by atoms with van der Waals surface area (Å²) in [7, 11) is 0. The number of carbonyl (C=O) groups is 3. The maximum Gasteiger partial charge on any atom is 0.333 e. The Hall–Kier alpha value is -4.44. The molecule has 0 amide bonds. The van der Waals surface area contributed by atoms with Crippen molar-refractivity contribution in [3.8, 4) is 11.3 Å². The van der Waals surface area contributed by atoms with E-state index in [0.29, 0.717) is 70.2 Å². The van der Waals surface area contributed by atoms with Gasteiger partial charge in [-0.1, -0.05) is 29.5 Å². The van der Waals surface area contributed by atoms with E-state index < -0.39 is 45.9 Å². The lowest BCUT2D eigenvalue weighted by atomic mass is 10.1. The van der Waals surface area contributed by atoms with Crippen molar-refractivity contribution in [2.45, 2.75) is 43.3 Å². The molecule has 2 aromatic heterocycles. The first-order valence-corrected chi connectivity index (χ1v) is 18.5. The van der Waals surface area contributed by atoms with Crippen LogP contribution in [0.1, 0.15) is 22.9 Å². The third kappa shape index (κ3) is 11.1. The number of aliphatic hydroxyl groups excluding tert-OH is 2. The SMILES string of the molecule is Cc1cn(C2CC(O)[C@@H](CO)S2)c(=O)n(Cn2cc(-c3ccc(CN4CCN(CC(=O)O)CCN(CC(=O)O)CCN(CC(=O)O)CC4)cc3)nn2)c1=O. The van der Waals surface area contributed by atoms with Gasteiger partial charge in [-0.2, -0.15) is 0 Å². The van der Waals surface area contributed by atoms with Crippen LogP contribution in [0.4, 0.5) is 0 Å². The van der Waals surface area contributed by atoms with Gasteiger partial charge in [-0.3, -0.25) is 43.3 Å². The minimum Gasteiger partial charge on any atom is -0.480 e. The quantitative estimate of drug-likeness (QED) is 0.132. The number of nitrogens with zero attached hydrogens (tertiary/aromatic N) is 9. The summed E-state index contributed by atoms with van der Waals surface area (Å²) in [6, 6.07) is 7.60. The number of benzene rings is 1. The molecule has 4 heterocycles. The van der Waals surface area contributed by atoms with Gasteiger partial charge in [0.1, 0.15) is 12.4 Å². The van der Waals surface area contributed by atoms with Gasteiger partial charge in [-0.05, 0) is 12.5 Å². The van der Waals surface area contributed by atoms with E-state index >= 15 is 0 Å². The fourth-order valence-corrected chi connectivity index (χ4v) is 7.98. The molecule has 19 nitrogen and oxygen atoms in total. The molecule has 2 aliphatic heterocycles. The first-order valence-electron chi connectivity index (χ1n) is 17.6. The summed E-state index contributed by atoms with van der Waals surface area (Å²) >= 11 is 1.28. The molecule has 5 N–H and O–H groups in total. The Morgan fingerprint density at radius 3 is 1.80 bits per heavy atom. The highest BCUT2D eigenvalue weighted by atomic mass is 32.2. The van der Waals surface area contributed by atoms with Gasteiger partial charge >= 0.3 is 23.6 Å². The number of hydrogen-bond donors (Lipinski definition) is 5. The molecular weight excluding hydrogens is 726 g/mol. The fraction of sp³-hybridized carbons (Fsp3) is 0.559. The molecule has 2 unspecified atom stereocenters. The second-order valence-corrected chi connectivity index (χ2v) is 15.0. The summed E-state index contributed by atoms with van der Waals surface area (Å²) in [6.45, 7) is 4.20. The summed E-state index contributed by atoms with van der Waals surface area (Å²) in [5.41, 5.74) is 1.51. The maximum atomic E-state index is 13.4. The molecule has 5 rings (SSSR count). The Morgan fingerprint density at radius 2 is 1.31 bits per heavy atom. The monoisotopic (exact) mass is 773 g/mol. The second kappa shape index (κ2) is 18.7. The Morgan fingerprint density at radius 1 is 0.796 bits per heavy atom. The molecule has 3 aromatic rings. The summed E-state index contributed by atoms with van der Waals surface area (Å²) < 4.78 is 3.87. The fourth-order valence-electron chi connectivity index (χ4n) is 6.61. The lowest BCUT2D eigenvalue weighted by Gasteiger charge is -2.33. The van der Waals surface area contributed by atoms with E-state index in [4.69, 9.17) is 0 Å². The topological polar surface area (TPSA) is 240 Å². The Balaban J connectivity index is 1.28. The van der Waals surface area contributed by atoms with Gasteiger partial charge in [-0.25, -0.2) is 14.0 Å². The molecule has 2 aliphatic rings. The van der Waals surface area contributed by atoms with Crippen LogP contribution in [-0.2, 0) is 27.6 Å². The molecule has 2 fully saturated rings. The first kappa shape index (κ1) is 40.7. The van der Waals surface area contributed by atoms with Crippen LogP contribution in [0, 0.1) is 6.92 Å². The average Bonchev–Trinajstić information content (AvgIpc) is 3.75. The van der Waals surface area contributed by atoms with Crippen molar-refractivity contribution in [1.29, 1.82) is 0 Å². The van der Waals surface area contributed by atoms with E-state index in [1.807, 2.05) is 24.3 Å². The average molecular weight is 774 g/mol. The highest BCUT2D eigenvalue weighted by Crippen LogP contribution is 2.40. The van der Waals surface area contributed by atoms with Gasteiger partial charge in [-0.15, -0.1) is 16.9 Å². The van der Waals surface area contributed by atoms with Crippen LogP contribution in [0.5, 0.6) is 0 Å². The number of carboxylic acid groups (broad SMARTS) is 3. The third-order valence-electron chi connectivity index (χ3n) is 9.55. The summed E-state index contributed by atoms with van der Waals surface area (Å²) in [5, 5.41) is 55.7. The number of hydrogen-bond acceptors (Lipinski definition) is 14. The number of aromatic nitrogens is 5. The molecule has 54 heavy (non-hydrogen) atoms. The van der Waals surface area contributed by atoms with Crippen LogP contribution in [0.3, 0.4) is 0 Å². The van der Waals surface area contributed by atoms with Crippen molar-refractivity contribution < 1.29 is 39.9 Å². The second-order valence-electron chi connectivity index (χ2n) is 13.6. The van der Waals surface area contributed by atoms with Gasteiger partial charge in [0, 0.05) is 82.6 Å². The van der Waals surface area contributed by atoms with Crippen molar-refractivity contribution in [3.63, 3.8) is 0 Å². The molecule has 3 atom stereocenters. The zero-order chi connectivity index (χ0) is 38.9. The van der Waals surface area contributed by atoms with Crippen molar-refractivity contribution in [3.05, 3.63) is 68.6 Å². The Bertz CT molecular complexity index is 1850. The standard InChI is InChI=1S/C34H47N9O10S/c1-23-15-42(29-14-27(45)28(21-44)54-29)34(53)43(33(23)52)22-41-17-26(35-36-41)25-4-2-24(3-5-25)16-37-6-8-38(18-30(46)47)10-12-40(20-32(50)51)13-11-39(9-7-37)19-31(48)49/h2-5,15,17,27-29,44-45H,6-14,16,18-22H2,1H3,(H,46,47)(H,48,49)(H,50,51)/t27?,28-,29?/m1/s1. The van der Waals surface area contributed by atoms with E-state index in [9.17, 15) is 49.5 Å². The first-order chi connectivity index (χ1) is 25.8. The lowest BCUT2D eigenvalue weighted by Crippen LogP contribution is -2.48. The number of rotatable bonds is 13. The Kier molecular flexibility index (Phi) is 14.1. The number of thioether (sulfide) groups is 1. The molecule has 1 aromatic carbocycles. The molecule has 0 bridgehead atoms. The highest BCUT2D eigenvalue weighted by Gasteiger charge is 2.35. The molecule has 0 saturated carbocycles. The molecule has 294 valence electrons. The van der Waals surface area contributed by atoms with Crippen LogP contribution in [0.25, 0.3) is 11.3 Å². The minimum absolute atomic E-state index is 0.182. The number of aryl methyl sites for hydroxylation is 1. The van der Waals surface area contributed by atoms with E-state index in [2.05, 4.69) is 15.2 Å². The minimum atomic E-state index is -1.01. The van der Waals surface area contributed by atoms with Crippen molar-refractivity contribution in [1.82, 2.24) is 43.7 Å². The van der Waals surface area contributed by atoms with Crippen LogP contribution in [-0.4, -0.2) is 177 Å². The maximum absolute atomic E-state index is 13.4. The normalized spacial score (nSPS) is 21.4. The molecular formula is C34H47N9O10S. The van der Waals surface area contributed by atoms with Crippen molar-refractivity contribution in [2.24, 2.45) is 0 Å². The predicted molar refractivity (Wildman–Crippen MR) is 196 cm³/mol. The van der Waals surface area contributed by atoms with Crippen LogP contribution in [0.15, 0.2) is 46.2 Å². The van der Waals surface area contributed by atoms with Gasteiger partial charge in [0.05, 0.1) is 49.2 Å². The lowest BCUT2D eigenvalue weighted by molar-refractivity contribution is -0.140. The number of aliphatic hydroxyl groups is 2. The molecule has 0 aliphatic carbocycles. The van der Waals surface area contributed by atoms with E-state index in [-0.39, 0.29) is 39.3 Å². The summed E-state index contributed by atoms with van der Waals surface area (Å²) in [5.74, 6) is -2.98. The molecule has 20 heteroatoms. The van der Waals surface area contributed by atoms with E-state index in [1.54, 1.807) is 27.8 Å². The van der Waals surface area contributed by atoms with Crippen molar-refractivity contribution >= 4 is 29.7 Å². The van der Waals surface area contributed by atoms with Crippen LogP contribution in [0.2, 0.25) is 0 Å². The third-order valence-corrected chi connectivity index (χ3v) is 11.1.